The molecule has 0 unspecified atom stereocenters. The van der Waals surface area contributed by atoms with Crippen molar-refractivity contribution in [1.29, 1.82) is 0 Å². The minimum atomic E-state index is -4.75. The van der Waals surface area contributed by atoms with E-state index in [2.05, 4.69) is 10.6 Å². The third-order valence-electron chi connectivity index (χ3n) is 2.61. The minimum absolute atomic E-state index is 0.222. The summed E-state index contributed by atoms with van der Waals surface area (Å²) in [6, 6.07) is 2.92. The highest BCUT2D eigenvalue weighted by Crippen LogP contribution is 2.37. The molecule has 0 aromatic heterocycles. The van der Waals surface area contributed by atoms with Gasteiger partial charge in [0.05, 0.1) is 4.92 Å². The van der Waals surface area contributed by atoms with Crippen LogP contribution in [0.15, 0.2) is 18.2 Å². The van der Waals surface area contributed by atoms with E-state index < -0.39 is 22.4 Å². The third-order valence-corrected chi connectivity index (χ3v) is 2.61. The van der Waals surface area contributed by atoms with E-state index in [1.165, 1.54) is 6.07 Å². The topological polar surface area (TPSA) is 67.2 Å². The second-order valence-corrected chi connectivity index (χ2v) is 4.12. The molecular weight excluding hydrogens is 275 g/mol. The number of nitrogens with one attached hydrogen (secondary N) is 2. The Morgan fingerprint density at radius 2 is 2.00 bits per heavy atom. The summed E-state index contributed by atoms with van der Waals surface area (Å²) in [6.45, 7) is 4.03. The van der Waals surface area contributed by atoms with Gasteiger partial charge >= 0.3 is 6.18 Å². The highest BCUT2D eigenvalue weighted by Gasteiger charge is 2.38. The summed E-state index contributed by atoms with van der Waals surface area (Å²) in [4.78, 5) is 9.56. The van der Waals surface area contributed by atoms with Crippen LogP contribution in [0.5, 0.6) is 0 Å². The zero-order chi connectivity index (χ0) is 15.2. The van der Waals surface area contributed by atoms with Crippen LogP contribution >= 0.6 is 0 Å². The Morgan fingerprint density at radius 3 is 2.55 bits per heavy atom. The van der Waals surface area contributed by atoms with Gasteiger partial charge in [-0.2, -0.15) is 13.2 Å². The quantitative estimate of drug-likeness (QED) is 0.460. The number of rotatable bonds is 7. The van der Waals surface area contributed by atoms with Gasteiger partial charge in [0.25, 0.3) is 5.69 Å². The highest BCUT2D eigenvalue weighted by molar-refractivity contribution is 5.55. The van der Waals surface area contributed by atoms with Crippen molar-refractivity contribution < 1.29 is 18.1 Å². The van der Waals surface area contributed by atoms with Crippen LogP contribution in [0.4, 0.5) is 24.5 Å². The minimum Gasteiger partial charge on any atom is -0.385 e. The lowest BCUT2D eigenvalue weighted by Gasteiger charge is -2.11. The fourth-order valence-corrected chi connectivity index (χ4v) is 1.66. The van der Waals surface area contributed by atoms with Crippen molar-refractivity contribution >= 4 is 11.4 Å². The van der Waals surface area contributed by atoms with Gasteiger partial charge in [0.15, 0.2) is 0 Å². The van der Waals surface area contributed by atoms with Crippen LogP contribution in [0.25, 0.3) is 0 Å². The van der Waals surface area contributed by atoms with Gasteiger partial charge in [-0.1, -0.05) is 6.92 Å². The van der Waals surface area contributed by atoms with Crippen LogP contribution in [0.3, 0.4) is 0 Å². The number of halogens is 3. The van der Waals surface area contributed by atoms with Gasteiger partial charge in [-0.25, -0.2) is 0 Å². The van der Waals surface area contributed by atoms with Crippen molar-refractivity contribution in [1.82, 2.24) is 5.32 Å². The van der Waals surface area contributed by atoms with Crippen molar-refractivity contribution in [3.05, 3.63) is 33.9 Å². The molecule has 0 fully saturated rings. The van der Waals surface area contributed by atoms with Crippen LogP contribution in [0.2, 0.25) is 0 Å². The fourth-order valence-electron chi connectivity index (χ4n) is 1.66. The molecule has 0 spiro atoms. The molecule has 0 atom stereocenters. The molecule has 5 nitrogen and oxygen atoms in total. The molecule has 1 aromatic rings. The van der Waals surface area contributed by atoms with E-state index in [1.807, 2.05) is 6.92 Å². The molecule has 0 aliphatic rings. The number of hydrogen-bond donors (Lipinski definition) is 2. The number of hydrogen-bond acceptors (Lipinski definition) is 4. The highest BCUT2D eigenvalue weighted by atomic mass is 19.4. The number of benzene rings is 1. The molecule has 2 N–H and O–H groups in total. The first-order valence-corrected chi connectivity index (χ1v) is 6.16. The predicted octanol–water partition coefficient (Wildman–Crippen LogP) is 3.03. The lowest BCUT2D eigenvalue weighted by Crippen LogP contribution is -2.17. The average Bonchev–Trinajstić information content (AvgIpc) is 2.37. The Labute approximate surface area is 114 Å². The van der Waals surface area contributed by atoms with Crippen molar-refractivity contribution in [3.63, 3.8) is 0 Å². The van der Waals surface area contributed by atoms with Gasteiger partial charge in [-0.05, 0) is 31.6 Å². The Bertz CT molecular complexity index is 464. The second-order valence-electron chi connectivity index (χ2n) is 4.12. The summed E-state index contributed by atoms with van der Waals surface area (Å²) < 4.78 is 38.2. The lowest BCUT2D eigenvalue weighted by molar-refractivity contribution is -0.388. The second kappa shape index (κ2) is 7.09. The predicted molar refractivity (Wildman–Crippen MR) is 69.7 cm³/mol. The summed E-state index contributed by atoms with van der Waals surface area (Å²) in [5.41, 5.74) is -1.95. The molecule has 20 heavy (non-hydrogen) atoms. The van der Waals surface area contributed by atoms with Gasteiger partial charge in [0.2, 0.25) is 0 Å². The van der Waals surface area contributed by atoms with Gasteiger partial charge in [0.1, 0.15) is 5.56 Å². The van der Waals surface area contributed by atoms with Crippen molar-refractivity contribution in [2.45, 2.75) is 19.5 Å². The molecule has 8 heteroatoms. The molecule has 0 radical (unpaired) electrons. The monoisotopic (exact) mass is 291 g/mol. The van der Waals surface area contributed by atoms with Crippen molar-refractivity contribution in [3.8, 4) is 0 Å². The zero-order valence-electron chi connectivity index (χ0n) is 11.0. The smallest absolute Gasteiger partial charge is 0.385 e. The summed E-state index contributed by atoms with van der Waals surface area (Å²) in [7, 11) is 0. The Hall–Kier alpha value is -1.83. The van der Waals surface area contributed by atoms with Crippen LogP contribution in [-0.2, 0) is 6.18 Å². The van der Waals surface area contributed by atoms with E-state index in [0.29, 0.717) is 6.54 Å². The largest absolute Gasteiger partial charge is 0.423 e. The van der Waals surface area contributed by atoms with Crippen LogP contribution < -0.4 is 10.6 Å². The van der Waals surface area contributed by atoms with E-state index in [1.54, 1.807) is 0 Å². The summed E-state index contributed by atoms with van der Waals surface area (Å²) in [5.74, 6) is 0. The van der Waals surface area contributed by atoms with Gasteiger partial charge in [0, 0.05) is 18.3 Å². The van der Waals surface area contributed by atoms with Crippen LogP contribution in [0, 0.1) is 10.1 Å². The molecular formula is C12H16F3N3O2. The standard InChI is InChI=1S/C12H16F3N3O2/c1-2-16-6-3-7-17-9-4-5-11(18(19)20)10(8-9)12(13,14)15/h4-5,8,16-17H,2-3,6-7H2,1H3. The molecule has 0 saturated heterocycles. The molecule has 0 saturated carbocycles. The summed E-state index contributed by atoms with van der Waals surface area (Å²) in [5, 5.41) is 16.5. The number of nitro benzene ring substituents is 1. The maximum absolute atomic E-state index is 12.7. The summed E-state index contributed by atoms with van der Waals surface area (Å²) >= 11 is 0. The van der Waals surface area contributed by atoms with E-state index in [0.717, 1.165) is 31.6 Å². The lowest BCUT2D eigenvalue weighted by atomic mass is 10.1. The SMILES string of the molecule is CCNCCCNc1ccc([N+](=O)[O-])c(C(F)(F)F)c1. The Kier molecular flexibility index (Phi) is 5.75. The molecule has 112 valence electrons. The average molecular weight is 291 g/mol. The van der Waals surface area contributed by atoms with Crippen LogP contribution in [0.1, 0.15) is 18.9 Å². The maximum atomic E-state index is 12.7. The molecule has 0 heterocycles. The van der Waals surface area contributed by atoms with E-state index in [4.69, 9.17) is 0 Å². The molecule has 0 bridgehead atoms. The first-order valence-electron chi connectivity index (χ1n) is 6.16. The summed E-state index contributed by atoms with van der Waals surface area (Å²) in [6.07, 6.45) is -4.00. The number of alkyl halides is 3. The number of nitro groups is 1. The molecule has 1 aromatic carbocycles. The fraction of sp³-hybridized carbons (Fsp3) is 0.500. The van der Waals surface area contributed by atoms with Gasteiger partial charge in [-0.3, -0.25) is 10.1 Å². The molecule has 0 aliphatic carbocycles. The van der Waals surface area contributed by atoms with Crippen molar-refractivity contribution in [2.24, 2.45) is 0 Å². The van der Waals surface area contributed by atoms with E-state index in [-0.39, 0.29) is 5.69 Å². The molecule has 0 aliphatic heterocycles. The van der Waals surface area contributed by atoms with Gasteiger partial charge in [-0.15, -0.1) is 0 Å². The van der Waals surface area contributed by atoms with Gasteiger partial charge < -0.3 is 10.6 Å². The number of anilines is 1. The maximum Gasteiger partial charge on any atom is 0.423 e. The number of nitrogens with zero attached hydrogens (tertiary/aromatic N) is 1. The molecule has 1 rings (SSSR count). The Morgan fingerprint density at radius 1 is 1.30 bits per heavy atom. The van der Waals surface area contributed by atoms with E-state index >= 15 is 0 Å². The van der Waals surface area contributed by atoms with Crippen molar-refractivity contribution in [2.75, 3.05) is 25.0 Å². The first kappa shape index (κ1) is 16.2. The molecule has 0 amide bonds. The van der Waals surface area contributed by atoms with E-state index in [9.17, 15) is 23.3 Å². The third kappa shape index (κ3) is 4.69. The van der Waals surface area contributed by atoms with Crippen LogP contribution in [-0.4, -0.2) is 24.6 Å². The normalized spacial score (nSPS) is 11.4. The first-order chi connectivity index (χ1) is 9.36. The Balaban J connectivity index is 2.77. The zero-order valence-corrected chi connectivity index (χ0v) is 11.0.